The van der Waals surface area contributed by atoms with Gasteiger partial charge in [-0.2, -0.15) is 5.10 Å². The summed E-state index contributed by atoms with van der Waals surface area (Å²) in [6.07, 6.45) is 3.30. The van der Waals surface area contributed by atoms with Crippen LogP contribution in [-0.2, 0) is 4.79 Å². The van der Waals surface area contributed by atoms with Crippen LogP contribution < -0.4 is 10.4 Å². The molecule has 1 N–H and O–H groups in total. The highest BCUT2D eigenvalue weighted by Gasteiger charge is 2.40. The molecule has 0 aliphatic carbocycles. The molecule has 158 valence electrons. The van der Waals surface area contributed by atoms with Gasteiger partial charge in [-0.05, 0) is 48.7 Å². The van der Waals surface area contributed by atoms with Gasteiger partial charge in [-0.3, -0.25) is 15.2 Å². The smallest absolute Gasteiger partial charge is 0.282 e. The predicted molar refractivity (Wildman–Crippen MR) is 118 cm³/mol. The summed E-state index contributed by atoms with van der Waals surface area (Å²) in [5.74, 6) is -0.763. The van der Waals surface area contributed by atoms with E-state index >= 15 is 0 Å². The number of benzene rings is 2. The number of piperidine rings is 1. The SMILES string of the molecule is C[C@H]1C(C(=O)NN2CCCCC2)=NN(c2ccc(Cl)cc2Cl)[C@H]1c1ccc(F)cc1. The molecule has 4 rings (SSSR count). The molecular formula is C22H23Cl2FN4O. The van der Waals surface area contributed by atoms with Crippen LogP contribution in [0.25, 0.3) is 0 Å². The Balaban J connectivity index is 1.68. The van der Waals surface area contributed by atoms with Gasteiger partial charge in [0.25, 0.3) is 5.91 Å². The van der Waals surface area contributed by atoms with Crippen molar-refractivity contribution in [1.29, 1.82) is 0 Å². The molecule has 2 heterocycles. The first-order chi connectivity index (χ1) is 14.4. The molecule has 0 aromatic heterocycles. The second-order valence-electron chi connectivity index (χ2n) is 7.70. The average Bonchev–Trinajstić information content (AvgIpc) is 3.06. The third-order valence-electron chi connectivity index (χ3n) is 5.60. The van der Waals surface area contributed by atoms with Gasteiger partial charge in [-0.25, -0.2) is 9.40 Å². The fraction of sp³-hybridized carbons (Fsp3) is 0.364. The van der Waals surface area contributed by atoms with Crippen molar-refractivity contribution in [3.63, 3.8) is 0 Å². The zero-order valence-electron chi connectivity index (χ0n) is 16.6. The Kier molecular flexibility index (Phi) is 6.27. The molecule has 2 aromatic rings. The number of hydrogen-bond donors (Lipinski definition) is 1. The number of rotatable bonds is 4. The first kappa shape index (κ1) is 21.1. The van der Waals surface area contributed by atoms with Crippen molar-refractivity contribution in [2.75, 3.05) is 18.1 Å². The van der Waals surface area contributed by atoms with E-state index in [2.05, 4.69) is 10.5 Å². The van der Waals surface area contributed by atoms with E-state index in [0.717, 1.165) is 31.5 Å². The number of anilines is 1. The molecule has 2 atom stereocenters. The van der Waals surface area contributed by atoms with Crippen LogP contribution in [0, 0.1) is 11.7 Å². The van der Waals surface area contributed by atoms with E-state index in [0.29, 0.717) is 21.4 Å². The first-order valence-corrected chi connectivity index (χ1v) is 10.8. The van der Waals surface area contributed by atoms with Gasteiger partial charge < -0.3 is 0 Å². The molecule has 1 fully saturated rings. The number of hydrazine groups is 1. The molecule has 0 unspecified atom stereocenters. The molecule has 8 heteroatoms. The molecule has 0 spiro atoms. The van der Waals surface area contributed by atoms with Crippen molar-refractivity contribution in [3.8, 4) is 0 Å². The van der Waals surface area contributed by atoms with E-state index in [9.17, 15) is 9.18 Å². The molecule has 1 saturated heterocycles. The summed E-state index contributed by atoms with van der Waals surface area (Å²) in [5.41, 5.74) is 4.90. The molecule has 2 aromatic carbocycles. The molecule has 0 bridgehead atoms. The Labute approximate surface area is 185 Å². The lowest BCUT2D eigenvalue weighted by Gasteiger charge is -2.28. The number of hydrogen-bond acceptors (Lipinski definition) is 4. The molecular weight excluding hydrogens is 426 g/mol. The third-order valence-corrected chi connectivity index (χ3v) is 6.14. The molecule has 0 saturated carbocycles. The lowest BCUT2D eigenvalue weighted by Crippen LogP contribution is -2.48. The largest absolute Gasteiger partial charge is 0.284 e. The number of amides is 1. The van der Waals surface area contributed by atoms with Crippen LogP contribution in [0.1, 0.15) is 37.8 Å². The fourth-order valence-electron chi connectivity index (χ4n) is 4.05. The number of hydrazone groups is 1. The minimum Gasteiger partial charge on any atom is -0.284 e. The number of nitrogens with zero attached hydrogens (tertiary/aromatic N) is 3. The number of nitrogens with one attached hydrogen (secondary N) is 1. The molecule has 5 nitrogen and oxygen atoms in total. The minimum atomic E-state index is -0.315. The quantitative estimate of drug-likeness (QED) is 0.698. The summed E-state index contributed by atoms with van der Waals surface area (Å²) in [5, 5.41) is 9.30. The van der Waals surface area contributed by atoms with Gasteiger partial charge in [0.15, 0.2) is 0 Å². The van der Waals surface area contributed by atoms with E-state index in [-0.39, 0.29) is 23.7 Å². The maximum Gasteiger partial charge on any atom is 0.282 e. The normalized spacial score (nSPS) is 22.1. The minimum absolute atomic E-state index is 0.218. The Hall–Kier alpha value is -2.15. The molecule has 2 aliphatic heterocycles. The monoisotopic (exact) mass is 448 g/mol. The lowest BCUT2D eigenvalue weighted by atomic mass is 9.91. The Morgan fingerprint density at radius 2 is 1.80 bits per heavy atom. The van der Waals surface area contributed by atoms with Crippen molar-refractivity contribution in [2.45, 2.75) is 32.2 Å². The average molecular weight is 449 g/mol. The van der Waals surface area contributed by atoms with Crippen molar-refractivity contribution in [3.05, 3.63) is 63.9 Å². The van der Waals surface area contributed by atoms with E-state index in [1.165, 1.54) is 18.6 Å². The Morgan fingerprint density at radius 1 is 1.10 bits per heavy atom. The Morgan fingerprint density at radius 3 is 2.47 bits per heavy atom. The second kappa shape index (κ2) is 8.92. The van der Waals surface area contributed by atoms with Crippen LogP contribution in [0.3, 0.4) is 0 Å². The van der Waals surface area contributed by atoms with Crippen LogP contribution in [0.15, 0.2) is 47.6 Å². The van der Waals surface area contributed by atoms with Crippen molar-refractivity contribution in [1.82, 2.24) is 10.4 Å². The summed E-state index contributed by atoms with van der Waals surface area (Å²) in [6, 6.07) is 11.1. The maximum atomic E-state index is 13.5. The zero-order chi connectivity index (χ0) is 21.3. The van der Waals surface area contributed by atoms with Crippen LogP contribution in [0.2, 0.25) is 10.0 Å². The number of carbonyl (C=O) groups excluding carboxylic acids is 1. The number of carbonyl (C=O) groups is 1. The van der Waals surface area contributed by atoms with Crippen molar-refractivity contribution < 1.29 is 9.18 Å². The van der Waals surface area contributed by atoms with E-state index < -0.39 is 0 Å². The molecule has 0 radical (unpaired) electrons. The van der Waals surface area contributed by atoms with Crippen LogP contribution >= 0.6 is 23.2 Å². The van der Waals surface area contributed by atoms with E-state index in [4.69, 9.17) is 23.2 Å². The summed E-state index contributed by atoms with van der Waals surface area (Å²) in [4.78, 5) is 13.0. The van der Waals surface area contributed by atoms with E-state index in [1.807, 2.05) is 11.9 Å². The van der Waals surface area contributed by atoms with Gasteiger partial charge in [0, 0.05) is 24.0 Å². The van der Waals surface area contributed by atoms with Crippen LogP contribution in [-0.4, -0.2) is 29.7 Å². The fourth-order valence-corrected chi connectivity index (χ4v) is 4.55. The van der Waals surface area contributed by atoms with Gasteiger partial charge in [-0.15, -0.1) is 0 Å². The third kappa shape index (κ3) is 4.31. The summed E-state index contributed by atoms with van der Waals surface area (Å²) in [7, 11) is 0. The maximum absolute atomic E-state index is 13.5. The van der Waals surface area contributed by atoms with Gasteiger partial charge in [0.05, 0.1) is 16.8 Å². The lowest BCUT2D eigenvalue weighted by molar-refractivity contribution is -0.120. The Bertz CT molecular complexity index is 960. The van der Waals surface area contributed by atoms with Gasteiger partial charge in [-0.1, -0.05) is 48.7 Å². The zero-order valence-corrected chi connectivity index (χ0v) is 18.1. The number of halogens is 3. The summed E-state index contributed by atoms with van der Waals surface area (Å²) < 4.78 is 13.5. The van der Waals surface area contributed by atoms with Crippen LogP contribution in [0.5, 0.6) is 0 Å². The van der Waals surface area contributed by atoms with E-state index in [1.54, 1.807) is 35.3 Å². The summed E-state index contributed by atoms with van der Waals surface area (Å²) >= 11 is 12.5. The van der Waals surface area contributed by atoms with Crippen molar-refractivity contribution in [2.24, 2.45) is 11.0 Å². The standard InChI is InChI=1S/C22H23Cl2FN4O/c1-14-20(22(30)27-28-11-3-2-4-12-28)26-29(19-10-7-16(23)13-18(19)24)21(14)15-5-8-17(25)9-6-15/h5-10,13-14,21H,2-4,11-12H2,1H3,(H,27,30)/t14-,21+/m0/s1. The second-order valence-corrected chi connectivity index (χ2v) is 8.54. The highest BCUT2D eigenvalue weighted by molar-refractivity contribution is 6.41. The first-order valence-electron chi connectivity index (χ1n) is 10.1. The topological polar surface area (TPSA) is 47.9 Å². The van der Waals surface area contributed by atoms with Gasteiger partial charge in [0.2, 0.25) is 0 Å². The molecule has 2 aliphatic rings. The molecule has 30 heavy (non-hydrogen) atoms. The van der Waals surface area contributed by atoms with Crippen molar-refractivity contribution >= 4 is 40.5 Å². The highest BCUT2D eigenvalue weighted by atomic mass is 35.5. The molecule has 1 amide bonds. The van der Waals surface area contributed by atoms with Crippen LogP contribution in [0.4, 0.5) is 10.1 Å². The van der Waals surface area contributed by atoms with Gasteiger partial charge >= 0.3 is 0 Å². The highest BCUT2D eigenvalue weighted by Crippen LogP contribution is 2.42. The summed E-state index contributed by atoms with van der Waals surface area (Å²) in [6.45, 7) is 3.62. The predicted octanol–water partition coefficient (Wildman–Crippen LogP) is 5.20. The van der Waals surface area contributed by atoms with Gasteiger partial charge in [0.1, 0.15) is 11.5 Å².